The largest absolute Gasteiger partial charge is 0.300 e. The van der Waals surface area contributed by atoms with Crippen LogP contribution in [-0.4, -0.2) is 5.78 Å². The number of alkyl halides is 1. The lowest BCUT2D eigenvalue weighted by Gasteiger charge is -1.98. The van der Waals surface area contributed by atoms with Gasteiger partial charge in [0.2, 0.25) is 0 Å². The molecule has 0 radical (unpaired) electrons. The summed E-state index contributed by atoms with van der Waals surface area (Å²) < 4.78 is 0. The van der Waals surface area contributed by atoms with E-state index in [4.69, 9.17) is 0 Å². The number of carbonyl (C=O) groups excluding carboxylic acids is 1. The molecule has 0 bridgehead atoms. The van der Waals surface area contributed by atoms with Gasteiger partial charge in [0, 0.05) is 11.8 Å². The van der Waals surface area contributed by atoms with Gasteiger partial charge in [-0.3, -0.25) is 4.79 Å². The average molecular weight is 255 g/mol. The van der Waals surface area contributed by atoms with Gasteiger partial charge in [-0.1, -0.05) is 40.2 Å². The predicted molar refractivity (Wildman–Crippen MR) is 64.7 cm³/mol. The van der Waals surface area contributed by atoms with Crippen LogP contribution in [0.25, 0.3) is 0 Å². The second-order valence-corrected chi connectivity index (χ2v) is 3.39. The summed E-state index contributed by atoms with van der Waals surface area (Å²) >= 11 is 3.37. The van der Waals surface area contributed by atoms with Crippen LogP contribution < -0.4 is 0 Å². The second kappa shape index (κ2) is 7.51. The molecule has 0 N–H and O–H groups in total. The standard InChI is InChI=1S/C10H11BrO.C2H4/c1-8(12)6-9-2-4-10(7-11)5-3-9;1-2/h2-5H,6-7H2,1H3;1-2H2. The first-order chi connectivity index (χ1) is 6.72. The fraction of sp³-hybridized carbons (Fsp3) is 0.250. The van der Waals surface area contributed by atoms with Crippen LogP contribution in [0.2, 0.25) is 0 Å². The quantitative estimate of drug-likeness (QED) is 0.596. The Morgan fingerprint density at radius 2 is 1.64 bits per heavy atom. The summed E-state index contributed by atoms with van der Waals surface area (Å²) in [5.74, 6) is 0.210. The molecule has 1 rings (SSSR count). The van der Waals surface area contributed by atoms with Gasteiger partial charge in [-0.2, -0.15) is 0 Å². The lowest BCUT2D eigenvalue weighted by molar-refractivity contribution is -0.116. The van der Waals surface area contributed by atoms with Gasteiger partial charge in [-0.25, -0.2) is 0 Å². The number of rotatable bonds is 3. The smallest absolute Gasteiger partial charge is 0.134 e. The van der Waals surface area contributed by atoms with Crippen molar-refractivity contribution in [2.75, 3.05) is 0 Å². The van der Waals surface area contributed by atoms with Crippen LogP contribution in [0.3, 0.4) is 0 Å². The molecule has 1 nitrogen and oxygen atoms in total. The number of Topliss-reactive ketones (excluding diaryl/α,β-unsaturated/α-hetero) is 1. The number of benzene rings is 1. The van der Waals surface area contributed by atoms with E-state index in [1.54, 1.807) is 6.92 Å². The van der Waals surface area contributed by atoms with Crippen LogP contribution in [-0.2, 0) is 16.5 Å². The number of hydrogen-bond donors (Lipinski definition) is 0. The third kappa shape index (κ3) is 4.97. The van der Waals surface area contributed by atoms with Crippen LogP contribution in [0.15, 0.2) is 37.4 Å². The summed E-state index contributed by atoms with van der Waals surface area (Å²) in [6, 6.07) is 8.07. The summed E-state index contributed by atoms with van der Waals surface area (Å²) in [7, 11) is 0. The van der Waals surface area contributed by atoms with Crippen LogP contribution in [0.4, 0.5) is 0 Å². The zero-order valence-corrected chi connectivity index (χ0v) is 10.0. The maximum Gasteiger partial charge on any atom is 0.134 e. The Morgan fingerprint density at radius 3 is 2.00 bits per heavy atom. The van der Waals surface area contributed by atoms with Crippen LogP contribution in [0.5, 0.6) is 0 Å². The maximum absolute atomic E-state index is 10.8. The molecule has 0 aliphatic carbocycles. The molecule has 1 aromatic rings. The summed E-state index contributed by atoms with van der Waals surface area (Å²) in [5, 5.41) is 0.868. The van der Waals surface area contributed by atoms with E-state index in [9.17, 15) is 4.79 Å². The molecule has 0 saturated heterocycles. The maximum atomic E-state index is 10.8. The highest BCUT2D eigenvalue weighted by molar-refractivity contribution is 9.08. The third-order valence-corrected chi connectivity index (χ3v) is 2.28. The minimum absolute atomic E-state index is 0.210. The van der Waals surface area contributed by atoms with Gasteiger partial charge in [0.15, 0.2) is 0 Å². The summed E-state index contributed by atoms with van der Waals surface area (Å²) in [4.78, 5) is 10.8. The van der Waals surface area contributed by atoms with Crippen molar-refractivity contribution < 1.29 is 4.79 Å². The van der Waals surface area contributed by atoms with E-state index >= 15 is 0 Å². The lowest BCUT2D eigenvalue weighted by atomic mass is 10.1. The molecule has 0 amide bonds. The first-order valence-electron chi connectivity index (χ1n) is 4.35. The van der Waals surface area contributed by atoms with Gasteiger partial charge < -0.3 is 0 Å². The Morgan fingerprint density at radius 1 is 1.21 bits per heavy atom. The molecule has 0 atom stereocenters. The Kier molecular flexibility index (Phi) is 7.03. The van der Waals surface area contributed by atoms with E-state index in [0.717, 1.165) is 10.9 Å². The van der Waals surface area contributed by atoms with E-state index < -0.39 is 0 Å². The topological polar surface area (TPSA) is 17.1 Å². The molecule has 0 aliphatic rings. The average Bonchev–Trinajstić information content (AvgIpc) is 2.21. The van der Waals surface area contributed by atoms with E-state index in [-0.39, 0.29) is 5.78 Å². The highest BCUT2D eigenvalue weighted by Gasteiger charge is 1.96. The fourth-order valence-electron chi connectivity index (χ4n) is 1.03. The number of carbonyl (C=O) groups is 1. The minimum Gasteiger partial charge on any atom is -0.300 e. The Hall–Kier alpha value is -0.890. The lowest BCUT2D eigenvalue weighted by Crippen LogP contribution is -1.95. The molecule has 0 spiro atoms. The van der Waals surface area contributed by atoms with Crippen molar-refractivity contribution in [3.8, 4) is 0 Å². The SMILES string of the molecule is C=C.CC(=O)Cc1ccc(CBr)cc1. The van der Waals surface area contributed by atoms with E-state index in [1.807, 2.05) is 24.3 Å². The van der Waals surface area contributed by atoms with Crippen molar-refractivity contribution in [1.29, 1.82) is 0 Å². The van der Waals surface area contributed by atoms with Crippen molar-refractivity contribution in [2.45, 2.75) is 18.7 Å². The molecule has 1 aromatic carbocycles. The van der Waals surface area contributed by atoms with Crippen molar-refractivity contribution in [3.05, 3.63) is 48.6 Å². The highest BCUT2D eigenvalue weighted by atomic mass is 79.9. The molecule has 0 saturated carbocycles. The Balaban J connectivity index is 0.000000791. The first kappa shape index (κ1) is 13.1. The fourth-order valence-corrected chi connectivity index (χ4v) is 1.41. The monoisotopic (exact) mass is 254 g/mol. The Labute approximate surface area is 94.0 Å². The van der Waals surface area contributed by atoms with Gasteiger partial charge in [0.05, 0.1) is 0 Å². The number of hydrogen-bond acceptors (Lipinski definition) is 1. The first-order valence-corrected chi connectivity index (χ1v) is 5.47. The molecule has 0 aliphatic heterocycles. The van der Waals surface area contributed by atoms with Gasteiger partial charge >= 0.3 is 0 Å². The predicted octanol–water partition coefficient (Wildman–Crippen LogP) is 3.52. The van der Waals surface area contributed by atoms with Crippen molar-refractivity contribution in [2.24, 2.45) is 0 Å². The van der Waals surface area contributed by atoms with Crippen LogP contribution in [0, 0.1) is 0 Å². The third-order valence-electron chi connectivity index (χ3n) is 1.63. The zero-order valence-electron chi connectivity index (χ0n) is 8.42. The normalized spacial score (nSPS) is 8.71. The van der Waals surface area contributed by atoms with E-state index in [1.165, 1.54) is 5.56 Å². The molecule has 0 heterocycles. The molecule has 76 valence electrons. The van der Waals surface area contributed by atoms with Gasteiger partial charge in [-0.05, 0) is 18.1 Å². The van der Waals surface area contributed by atoms with Gasteiger partial charge in [0.1, 0.15) is 5.78 Å². The number of ketones is 1. The molecule has 14 heavy (non-hydrogen) atoms. The summed E-state index contributed by atoms with van der Waals surface area (Å²) in [6.45, 7) is 7.61. The zero-order chi connectivity index (χ0) is 11.0. The molecule has 2 heteroatoms. The molecule has 0 fully saturated rings. The van der Waals surface area contributed by atoms with Crippen molar-refractivity contribution >= 4 is 21.7 Å². The van der Waals surface area contributed by atoms with Crippen LogP contribution in [0.1, 0.15) is 18.1 Å². The molecule has 0 aromatic heterocycles. The van der Waals surface area contributed by atoms with Gasteiger partial charge in [-0.15, -0.1) is 13.2 Å². The summed E-state index contributed by atoms with van der Waals surface area (Å²) in [6.07, 6.45) is 0.544. The number of halogens is 1. The van der Waals surface area contributed by atoms with Crippen molar-refractivity contribution in [3.63, 3.8) is 0 Å². The Bertz CT molecular complexity index is 277. The highest BCUT2D eigenvalue weighted by Crippen LogP contribution is 2.08. The minimum atomic E-state index is 0.210. The second-order valence-electron chi connectivity index (χ2n) is 2.83. The van der Waals surface area contributed by atoms with Crippen molar-refractivity contribution in [1.82, 2.24) is 0 Å². The van der Waals surface area contributed by atoms with Gasteiger partial charge in [0.25, 0.3) is 0 Å². The van der Waals surface area contributed by atoms with Crippen LogP contribution >= 0.6 is 15.9 Å². The molecular formula is C12H15BrO. The van der Waals surface area contributed by atoms with E-state index in [0.29, 0.717) is 6.42 Å². The van der Waals surface area contributed by atoms with E-state index in [2.05, 4.69) is 29.1 Å². The molecular weight excluding hydrogens is 240 g/mol. The summed E-state index contributed by atoms with van der Waals surface area (Å²) in [5.41, 5.74) is 2.33. The molecule has 0 unspecified atom stereocenters.